The van der Waals surface area contributed by atoms with Crippen molar-refractivity contribution in [2.75, 3.05) is 19.0 Å². The van der Waals surface area contributed by atoms with Crippen LogP contribution in [0.5, 0.6) is 0 Å². The lowest BCUT2D eigenvalue weighted by atomic mass is 10.0. The molecule has 0 amide bonds. The number of aliphatic hydroxyl groups is 2. The molecule has 0 saturated heterocycles. The third-order valence-electron chi connectivity index (χ3n) is 2.13. The molecule has 0 fully saturated rings. The first-order valence-corrected chi connectivity index (χ1v) is 6.34. The van der Waals surface area contributed by atoms with Gasteiger partial charge in [0.2, 0.25) is 10.0 Å². The SMILES string of the molecule is CCCS(=O)(=O)NC(CC)(CO)CO. The van der Waals surface area contributed by atoms with Crippen LogP contribution >= 0.6 is 0 Å². The topological polar surface area (TPSA) is 86.6 Å². The Kier molecular flexibility index (Phi) is 5.58. The zero-order chi connectivity index (χ0) is 11.2. The van der Waals surface area contributed by atoms with Gasteiger partial charge in [-0.15, -0.1) is 0 Å². The van der Waals surface area contributed by atoms with Crippen LogP contribution in [0.25, 0.3) is 0 Å². The summed E-state index contributed by atoms with van der Waals surface area (Å²) in [6.07, 6.45) is 0.856. The maximum atomic E-state index is 11.4. The zero-order valence-corrected chi connectivity index (χ0v) is 9.47. The van der Waals surface area contributed by atoms with Crippen LogP contribution in [-0.4, -0.2) is 43.1 Å². The van der Waals surface area contributed by atoms with Crippen LogP contribution in [0, 0.1) is 0 Å². The van der Waals surface area contributed by atoms with Crippen molar-refractivity contribution in [3.05, 3.63) is 0 Å². The number of aliphatic hydroxyl groups excluding tert-OH is 2. The fourth-order valence-corrected chi connectivity index (χ4v) is 2.63. The summed E-state index contributed by atoms with van der Waals surface area (Å²) in [5, 5.41) is 18.0. The molecule has 86 valence electrons. The van der Waals surface area contributed by atoms with Crippen LogP contribution in [0.1, 0.15) is 26.7 Å². The zero-order valence-electron chi connectivity index (χ0n) is 8.65. The monoisotopic (exact) mass is 225 g/mol. The summed E-state index contributed by atoms with van der Waals surface area (Å²) < 4.78 is 25.1. The third-order valence-corrected chi connectivity index (χ3v) is 3.82. The minimum Gasteiger partial charge on any atom is -0.394 e. The molecule has 0 unspecified atom stereocenters. The number of hydrogen-bond acceptors (Lipinski definition) is 4. The van der Waals surface area contributed by atoms with Crippen molar-refractivity contribution in [3.8, 4) is 0 Å². The lowest BCUT2D eigenvalue weighted by Crippen LogP contribution is -2.54. The van der Waals surface area contributed by atoms with Crippen LogP contribution in [0.4, 0.5) is 0 Å². The summed E-state index contributed by atoms with van der Waals surface area (Å²) in [6.45, 7) is 2.66. The molecule has 0 aliphatic carbocycles. The van der Waals surface area contributed by atoms with Gasteiger partial charge in [0, 0.05) is 0 Å². The molecule has 0 aromatic rings. The van der Waals surface area contributed by atoms with Crippen LogP contribution in [0.2, 0.25) is 0 Å². The van der Waals surface area contributed by atoms with Crippen molar-refractivity contribution < 1.29 is 18.6 Å². The number of nitrogens with one attached hydrogen (secondary N) is 1. The molecule has 0 rings (SSSR count). The molecular weight excluding hydrogens is 206 g/mol. The first-order chi connectivity index (χ1) is 6.45. The molecule has 0 aromatic carbocycles. The van der Waals surface area contributed by atoms with Gasteiger partial charge in [-0.2, -0.15) is 0 Å². The summed E-state index contributed by atoms with van der Waals surface area (Å²) in [5.41, 5.74) is -1.12. The predicted molar refractivity (Wildman–Crippen MR) is 54.4 cm³/mol. The standard InChI is InChI=1S/C8H19NO4S/c1-3-5-14(12,13)9-8(4-2,6-10)7-11/h9-11H,3-7H2,1-2H3. The molecule has 3 N–H and O–H groups in total. The van der Waals surface area contributed by atoms with Gasteiger partial charge in [0.05, 0.1) is 24.5 Å². The molecule has 0 spiro atoms. The first-order valence-electron chi connectivity index (χ1n) is 4.68. The molecule has 0 radical (unpaired) electrons. The van der Waals surface area contributed by atoms with Crippen molar-refractivity contribution in [2.45, 2.75) is 32.2 Å². The Morgan fingerprint density at radius 1 is 1.21 bits per heavy atom. The second-order valence-corrected chi connectivity index (χ2v) is 5.21. The van der Waals surface area contributed by atoms with E-state index in [1.54, 1.807) is 13.8 Å². The molecule has 0 heterocycles. The maximum absolute atomic E-state index is 11.4. The number of hydrogen-bond donors (Lipinski definition) is 3. The van der Waals surface area contributed by atoms with Gasteiger partial charge in [-0.25, -0.2) is 13.1 Å². The van der Waals surface area contributed by atoms with Crippen LogP contribution in [0.3, 0.4) is 0 Å². The summed E-state index contributed by atoms with van der Waals surface area (Å²) in [7, 11) is -3.40. The molecule has 0 aromatic heterocycles. The van der Waals surface area contributed by atoms with Crippen molar-refractivity contribution in [1.29, 1.82) is 0 Å². The average molecular weight is 225 g/mol. The highest BCUT2D eigenvalue weighted by molar-refractivity contribution is 7.89. The molecular formula is C8H19NO4S. The van der Waals surface area contributed by atoms with E-state index >= 15 is 0 Å². The first kappa shape index (κ1) is 13.8. The van der Waals surface area contributed by atoms with E-state index in [9.17, 15) is 8.42 Å². The van der Waals surface area contributed by atoms with E-state index in [4.69, 9.17) is 10.2 Å². The van der Waals surface area contributed by atoms with Gasteiger partial charge < -0.3 is 10.2 Å². The predicted octanol–water partition coefficient (Wildman–Crippen LogP) is -0.551. The normalized spacial score (nSPS) is 13.1. The largest absolute Gasteiger partial charge is 0.394 e. The summed E-state index contributed by atoms with van der Waals surface area (Å²) in [4.78, 5) is 0. The van der Waals surface area contributed by atoms with Gasteiger partial charge >= 0.3 is 0 Å². The third kappa shape index (κ3) is 3.91. The Morgan fingerprint density at radius 3 is 2.00 bits per heavy atom. The summed E-state index contributed by atoms with van der Waals surface area (Å²) >= 11 is 0. The van der Waals surface area contributed by atoms with Gasteiger partial charge in [-0.05, 0) is 12.8 Å². The minimum atomic E-state index is -3.40. The van der Waals surface area contributed by atoms with Crippen molar-refractivity contribution >= 4 is 10.0 Å². The maximum Gasteiger partial charge on any atom is 0.212 e. The highest BCUT2D eigenvalue weighted by Crippen LogP contribution is 2.10. The van der Waals surface area contributed by atoms with Crippen molar-refractivity contribution in [2.24, 2.45) is 0 Å². The van der Waals surface area contributed by atoms with Crippen LogP contribution < -0.4 is 4.72 Å². The number of sulfonamides is 1. The summed E-state index contributed by atoms with van der Waals surface area (Å²) in [5.74, 6) is 0.00868. The van der Waals surface area contributed by atoms with Gasteiger partial charge in [0.15, 0.2) is 0 Å². The molecule has 6 heteroatoms. The van der Waals surface area contributed by atoms with E-state index in [1.807, 2.05) is 0 Å². The Bertz CT molecular complexity index is 238. The smallest absolute Gasteiger partial charge is 0.212 e. The highest BCUT2D eigenvalue weighted by atomic mass is 32.2. The molecule has 0 aliphatic rings. The van der Waals surface area contributed by atoms with Gasteiger partial charge in [-0.1, -0.05) is 13.8 Å². The Balaban J connectivity index is 4.59. The second-order valence-electron chi connectivity index (χ2n) is 3.37. The quantitative estimate of drug-likeness (QED) is 0.542. The van der Waals surface area contributed by atoms with E-state index < -0.39 is 28.8 Å². The van der Waals surface area contributed by atoms with Crippen LogP contribution in [-0.2, 0) is 10.0 Å². The fraction of sp³-hybridized carbons (Fsp3) is 1.00. The van der Waals surface area contributed by atoms with E-state index in [2.05, 4.69) is 4.72 Å². The van der Waals surface area contributed by atoms with E-state index in [1.165, 1.54) is 0 Å². The fourth-order valence-electron chi connectivity index (χ4n) is 1.06. The summed E-state index contributed by atoms with van der Waals surface area (Å²) in [6, 6.07) is 0. The Hall–Kier alpha value is -0.170. The molecule has 14 heavy (non-hydrogen) atoms. The lowest BCUT2D eigenvalue weighted by molar-refractivity contribution is 0.105. The Labute approximate surface area is 85.2 Å². The van der Waals surface area contributed by atoms with Crippen molar-refractivity contribution in [1.82, 2.24) is 4.72 Å². The average Bonchev–Trinajstić information content (AvgIpc) is 2.14. The Morgan fingerprint density at radius 2 is 1.71 bits per heavy atom. The van der Waals surface area contributed by atoms with Gasteiger partial charge in [0.1, 0.15) is 0 Å². The highest BCUT2D eigenvalue weighted by Gasteiger charge is 2.31. The van der Waals surface area contributed by atoms with E-state index in [0.29, 0.717) is 12.8 Å². The molecule has 0 aliphatic heterocycles. The minimum absolute atomic E-state index is 0.00868. The van der Waals surface area contributed by atoms with Crippen LogP contribution in [0.15, 0.2) is 0 Å². The second kappa shape index (κ2) is 5.65. The molecule has 0 saturated carbocycles. The number of rotatable bonds is 7. The van der Waals surface area contributed by atoms with E-state index in [0.717, 1.165) is 0 Å². The van der Waals surface area contributed by atoms with Gasteiger partial charge in [-0.3, -0.25) is 0 Å². The van der Waals surface area contributed by atoms with E-state index in [-0.39, 0.29) is 5.75 Å². The lowest BCUT2D eigenvalue weighted by Gasteiger charge is -2.29. The molecule has 0 atom stereocenters. The molecule has 5 nitrogen and oxygen atoms in total. The van der Waals surface area contributed by atoms with Gasteiger partial charge in [0.25, 0.3) is 0 Å². The van der Waals surface area contributed by atoms with Crippen molar-refractivity contribution in [3.63, 3.8) is 0 Å². The molecule has 0 bridgehead atoms.